The minimum atomic E-state index is -4.39. The Hall–Kier alpha value is -2.31. The summed E-state index contributed by atoms with van der Waals surface area (Å²) in [6.07, 6.45) is -2.88. The first-order valence-corrected chi connectivity index (χ1v) is 6.91. The van der Waals surface area contributed by atoms with E-state index in [0.29, 0.717) is 17.0 Å². The summed E-state index contributed by atoms with van der Waals surface area (Å²) in [7, 11) is 1.37. The first-order valence-electron chi connectivity index (χ1n) is 6.91. The second-order valence-electron chi connectivity index (χ2n) is 6.09. The fourth-order valence-corrected chi connectivity index (χ4v) is 2.24. The summed E-state index contributed by atoms with van der Waals surface area (Å²) in [5, 5.41) is 3.84. The summed E-state index contributed by atoms with van der Waals surface area (Å²) in [6, 6.07) is 4.58. The number of hydrogen-bond acceptors (Lipinski definition) is 3. The predicted molar refractivity (Wildman–Crippen MR) is 80.5 cm³/mol. The van der Waals surface area contributed by atoms with Crippen molar-refractivity contribution in [1.82, 2.24) is 4.90 Å². The van der Waals surface area contributed by atoms with E-state index in [0.717, 1.165) is 12.1 Å². The molecule has 7 heteroatoms. The van der Waals surface area contributed by atoms with E-state index in [4.69, 9.17) is 4.84 Å². The van der Waals surface area contributed by atoms with Crippen molar-refractivity contribution >= 4 is 17.8 Å². The van der Waals surface area contributed by atoms with Gasteiger partial charge in [0.25, 0.3) is 5.91 Å². The van der Waals surface area contributed by atoms with Gasteiger partial charge in [-0.1, -0.05) is 17.3 Å². The van der Waals surface area contributed by atoms with Crippen molar-refractivity contribution in [3.05, 3.63) is 41.0 Å². The third kappa shape index (κ3) is 3.38. The average molecular weight is 326 g/mol. The van der Waals surface area contributed by atoms with Crippen LogP contribution in [0.15, 0.2) is 35.0 Å². The maximum Gasteiger partial charge on any atom is 0.416 e. The van der Waals surface area contributed by atoms with Crippen molar-refractivity contribution in [2.75, 3.05) is 7.11 Å². The predicted octanol–water partition coefficient (Wildman–Crippen LogP) is 3.69. The molecule has 1 heterocycles. The molecule has 0 spiro atoms. The lowest BCUT2D eigenvalue weighted by atomic mass is 9.93. The number of amides is 1. The molecular formula is C16H17F3N2O2. The van der Waals surface area contributed by atoms with E-state index in [1.165, 1.54) is 30.2 Å². The van der Waals surface area contributed by atoms with E-state index < -0.39 is 17.3 Å². The largest absolute Gasteiger partial charge is 0.416 e. The molecule has 124 valence electrons. The second-order valence-corrected chi connectivity index (χ2v) is 6.09. The zero-order valence-corrected chi connectivity index (χ0v) is 13.2. The number of oxime groups is 1. The van der Waals surface area contributed by atoms with Crippen LogP contribution in [0.2, 0.25) is 0 Å². The summed E-state index contributed by atoms with van der Waals surface area (Å²) >= 11 is 0. The number of nitrogens with zero attached hydrogens (tertiary/aromatic N) is 2. The number of halogens is 3. The molecule has 0 N–H and O–H groups in total. The van der Waals surface area contributed by atoms with Gasteiger partial charge in [-0.25, -0.2) is 0 Å². The van der Waals surface area contributed by atoms with Gasteiger partial charge in [0.1, 0.15) is 7.11 Å². The standard InChI is InChI=1S/C16H17F3N2O2/c1-15(2,3)21-13(20-23-4)12(14(21)22)9-10-5-7-11(8-6-10)16(17,18)19/h5-9H,1-4H3/b12-9+,20-13?. The van der Waals surface area contributed by atoms with Crippen molar-refractivity contribution in [1.29, 1.82) is 0 Å². The van der Waals surface area contributed by atoms with Gasteiger partial charge in [-0.05, 0) is 44.5 Å². The Morgan fingerprint density at radius 1 is 1.13 bits per heavy atom. The van der Waals surface area contributed by atoms with Crippen LogP contribution in [0.4, 0.5) is 13.2 Å². The summed E-state index contributed by atoms with van der Waals surface area (Å²) in [5.74, 6) is 0.123. The maximum atomic E-state index is 12.6. The molecule has 0 saturated carbocycles. The molecule has 1 aliphatic rings. The Kier molecular flexibility index (Phi) is 4.24. The van der Waals surface area contributed by atoms with E-state index >= 15 is 0 Å². The molecule has 4 nitrogen and oxygen atoms in total. The Balaban J connectivity index is 2.32. The van der Waals surface area contributed by atoms with Crippen LogP contribution in [0.5, 0.6) is 0 Å². The summed E-state index contributed by atoms with van der Waals surface area (Å²) < 4.78 is 37.7. The van der Waals surface area contributed by atoms with E-state index in [-0.39, 0.29) is 5.91 Å². The number of alkyl halides is 3. The molecule has 2 rings (SSSR count). The molecule has 1 aliphatic heterocycles. The van der Waals surface area contributed by atoms with Gasteiger partial charge in [0.05, 0.1) is 11.1 Å². The van der Waals surface area contributed by atoms with Gasteiger partial charge in [-0.15, -0.1) is 0 Å². The Labute approximate surface area is 132 Å². The third-order valence-electron chi connectivity index (χ3n) is 3.28. The molecule has 23 heavy (non-hydrogen) atoms. The van der Waals surface area contributed by atoms with Crippen LogP contribution in [0, 0.1) is 0 Å². The molecule has 1 saturated heterocycles. The zero-order chi connectivity index (χ0) is 17.4. The Bertz CT molecular complexity index is 668. The summed E-state index contributed by atoms with van der Waals surface area (Å²) in [6.45, 7) is 5.56. The molecule has 0 radical (unpaired) electrons. The van der Waals surface area contributed by atoms with Crippen molar-refractivity contribution in [3.8, 4) is 0 Å². The van der Waals surface area contributed by atoms with Gasteiger partial charge >= 0.3 is 6.18 Å². The number of carbonyl (C=O) groups is 1. The topological polar surface area (TPSA) is 41.9 Å². The van der Waals surface area contributed by atoms with Crippen LogP contribution in [-0.4, -0.2) is 29.3 Å². The summed E-state index contributed by atoms with van der Waals surface area (Å²) in [5.41, 5.74) is -0.409. The lowest BCUT2D eigenvalue weighted by molar-refractivity contribution is -0.137. The van der Waals surface area contributed by atoms with E-state index in [1.807, 2.05) is 20.8 Å². The summed E-state index contributed by atoms with van der Waals surface area (Å²) in [4.78, 5) is 18.5. The van der Waals surface area contributed by atoms with Crippen molar-refractivity contribution < 1.29 is 22.8 Å². The number of amidine groups is 1. The second kappa shape index (κ2) is 5.72. The highest BCUT2D eigenvalue weighted by Crippen LogP contribution is 2.32. The molecule has 0 aromatic heterocycles. The van der Waals surface area contributed by atoms with Crippen LogP contribution in [0.25, 0.3) is 6.08 Å². The van der Waals surface area contributed by atoms with E-state index in [2.05, 4.69) is 5.16 Å². The molecule has 1 aromatic carbocycles. The molecule has 0 aliphatic carbocycles. The number of hydrogen-bond donors (Lipinski definition) is 0. The first kappa shape index (κ1) is 17.1. The molecule has 1 fully saturated rings. The molecular weight excluding hydrogens is 309 g/mol. The number of rotatable bonds is 2. The highest BCUT2D eigenvalue weighted by molar-refractivity contribution is 6.38. The fraction of sp³-hybridized carbons (Fsp3) is 0.375. The van der Waals surface area contributed by atoms with Gasteiger partial charge in [-0.2, -0.15) is 13.2 Å². The normalized spacial score (nSPS) is 19.3. The minimum absolute atomic E-state index is 0.242. The minimum Gasteiger partial charge on any atom is -0.397 e. The molecule has 1 amide bonds. The van der Waals surface area contributed by atoms with Crippen molar-refractivity contribution in [3.63, 3.8) is 0 Å². The SMILES string of the molecule is CON=C1/C(=C\c2ccc(C(F)(F)F)cc2)C(=O)N1C(C)(C)C. The number of benzene rings is 1. The van der Waals surface area contributed by atoms with Gasteiger partial charge in [0.2, 0.25) is 0 Å². The molecule has 0 unspecified atom stereocenters. The maximum absolute atomic E-state index is 12.6. The Morgan fingerprint density at radius 2 is 1.70 bits per heavy atom. The van der Waals surface area contributed by atoms with Crippen LogP contribution in [0.3, 0.4) is 0 Å². The van der Waals surface area contributed by atoms with Gasteiger partial charge < -0.3 is 4.84 Å². The van der Waals surface area contributed by atoms with E-state index in [1.54, 1.807) is 0 Å². The van der Waals surface area contributed by atoms with Crippen LogP contribution >= 0.6 is 0 Å². The molecule has 0 atom stereocenters. The lowest BCUT2D eigenvalue weighted by Gasteiger charge is -2.43. The Morgan fingerprint density at radius 3 is 2.13 bits per heavy atom. The van der Waals surface area contributed by atoms with Gasteiger partial charge in [0, 0.05) is 5.54 Å². The average Bonchev–Trinajstić information content (AvgIpc) is 2.42. The zero-order valence-electron chi connectivity index (χ0n) is 13.2. The quantitative estimate of drug-likeness (QED) is 0.472. The van der Waals surface area contributed by atoms with Gasteiger partial charge in [-0.3, -0.25) is 9.69 Å². The van der Waals surface area contributed by atoms with Crippen molar-refractivity contribution in [2.45, 2.75) is 32.5 Å². The van der Waals surface area contributed by atoms with Gasteiger partial charge in [0.15, 0.2) is 5.84 Å². The molecule has 1 aromatic rings. The third-order valence-corrected chi connectivity index (χ3v) is 3.28. The van der Waals surface area contributed by atoms with Crippen LogP contribution < -0.4 is 0 Å². The number of likely N-dealkylation sites (tertiary alicyclic amines) is 1. The highest BCUT2D eigenvalue weighted by Gasteiger charge is 2.45. The number of β-lactam (4-membered cyclic amide) rings is 1. The lowest BCUT2D eigenvalue weighted by Crippen LogP contribution is -2.60. The highest BCUT2D eigenvalue weighted by atomic mass is 19.4. The van der Waals surface area contributed by atoms with Crippen molar-refractivity contribution in [2.24, 2.45) is 5.16 Å². The first-order chi connectivity index (χ1) is 10.6. The van der Waals surface area contributed by atoms with E-state index in [9.17, 15) is 18.0 Å². The molecule has 0 bridgehead atoms. The monoisotopic (exact) mass is 326 g/mol. The van der Waals surface area contributed by atoms with Crippen LogP contribution in [0.1, 0.15) is 31.9 Å². The fourth-order valence-electron chi connectivity index (χ4n) is 2.24. The smallest absolute Gasteiger partial charge is 0.397 e. The van der Waals surface area contributed by atoms with Crippen LogP contribution in [-0.2, 0) is 15.8 Å². The number of carbonyl (C=O) groups excluding carboxylic acids is 1.